The highest BCUT2D eigenvalue weighted by atomic mass is 79.9. The summed E-state index contributed by atoms with van der Waals surface area (Å²) in [4.78, 5) is 4.80. The Morgan fingerprint density at radius 3 is 2.68 bits per heavy atom. The van der Waals surface area contributed by atoms with Gasteiger partial charge in [-0.15, -0.1) is 10.2 Å². The second-order valence-corrected chi connectivity index (χ2v) is 6.11. The maximum atomic E-state index is 4.80. The van der Waals surface area contributed by atoms with E-state index in [0.29, 0.717) is 6.54 Å². The van der Waals surface area contributed by atoms with Crippen molar-refractivity contribution in [2.24, 2.45) is 4.99 Å². The summed E-state index contributed by atoms with van der Waals surface area (Å²) in [5.41, 5.74) is 4.25. The molecule has 0 amide bonds. The van der Waals surface area contributed by atoms with Gasteiger partial charge in [-0.2, -0.15) is 0 Å². The molecule has 4 nitrogen and oxygen atoms in total. The van der Waals surface area contributed by atoms with Crippen LogP contribution in [0.5, 0.6) is 0 Å². The summed E-state index contributed by atoms with van der Waals surface area (Å²) in [6.07, 6.45) is 0. The molecule has 5 heteroatoms. The number of benzene rings is 2. The smallest absolute Gasteiger partial charge is 0.159 e. The Morgan fingerprint density at radius 2 is 1.86 bits per heavy atom. The van der Waals surface area contributed by atoms with Crippen molar-refractivity contribution in [3.8, 4) is 5.69 Å². The van der Waals surface area contributed by atoms with Gasteiger partial charge in [-0.25, -0.2) is 0 Å². The van der Waals surface area contributed by atoms with Crippen molar-refractivity contribution in [1.82, 2.24) is 14.8 Å². The third-order valence-electron chi connectivity index (χ3n) is 3.77. The number of aromatic nitrogens is 3. The molecule has 0 spiro atoms. The lowest BCUT2D eigenvalue weighted by molar-refractivity contribution is 0.861. The molecule has 22 heavy (non-hydrogen) atoms. The largest absolute Gasteiger partial charge is 0.281 e. The third kappa shape index (κ3) is 2.09. The minimum Gasteiger partial charge on any atom is -0.281 e. The van der Waals surface area contributed by atoms with Crippen molar-refractivity contribution in [3.63, 3.8) is 0 Å². The van der Waals surface area contributed by atoms with E-state index >= 15 is 0 Å². The summed E-state index contributed by atoms with van der Waals surface area (Å²) < 4.78 is 3.12. The molecule has 0 radical (unpaired) electrons. The molecule has 0 fully saturated rings. The van der Waals surface area contributed by atoms with E-state index in [9.17, 15) is 0 Å². The van der Waals surface area contributed by atoms with Crippen LogP contribution >= 0.6 is 15.9 Å². The van der Waals surface area contributed by atoms with Gasteiger partial charge in [-0.05, 0) is 25.1 Å². The molecule has 2 heterocycles. The summed E-state index contributed by atoms with van der Waals surface area (Å²) in [6.45, 7) is 2.49. The average Bonchev–Trinajstić information content (AvgIpc) is 2.82. The molecule has 1 aliphatic heterocycles. The molecule has 0 saturated heterocycles. The zero-order valence-corrected chi connectivity index (χ0v) is 13.6. The van der Waals surface area contributed by atoms with E-state index in [1.807, 2.05) is 31.2 Å². The second-order valence-electron chi connectivity index (χ2n) is 5.19. The lowest BCUT2D eigenvalue weighted by Gasteiger charge is -2.13. The lowest BCUT2D eigenvalue weighted by atomic mass is 10.0. The van der Waals surface area contributed by atoms with Gasteiger partial charge in [0.05, 0.1) is 11.4 Å². The van der Waals surface area contributed by atoms with Crippen LogP contribution in [-0.4, -0.2) is 20.5 Å². The first-order chi connectivity index (χ1) is 10.7. The highest BCUT2D eigenvalue weighted by Crippen LogP contribution is 2.28. The first kappa shape index (κ1) is 13.4. The summed E-state index contributed by atoms with van der Waals surface area (Å²) >= 11 is 3.57. The molecular weight excluding hydrogens is 340 g/mol. The zero-order chi connectivity index (χ0) is 15.1. The number of fused-ring (bicyclic) bond motifs is 3. The van der Waals surface area contributed by atoms with Gasteiger partial charge in [0.2, 0.25) is 0 Å². The van der Waals surface area contributed by atoms with E-state index in [0.717, 1.165) is 38.6 Å². The quantitative estimate of drug-likeness (QED) is 0.670. The van der Waals surface area contributed by atoms with Gasteiger partial charge in [0.1, 0.15) is 12.4 Å². The summed E-state index contributed by atoms with van der Waals surface area (Å²) in [5.74, 6) is 1.75. The van der Waals surface area contributed by atoms with Gasteiger partial charge >= 0.3 is 0 Å². The molecule has 3 aromatic rings. The Labute approximate surface area is 136 Å². The predicted octanol–water partition coefficient (Wildman–Crippen LogP) is 3.69. The molecule has 1 aromatic heterocycles. The van der Waals surface area contributed by atoms with Crippen molar-refractivity contribution >= 4 is 21.6 Å². The number of hydrogen-bond acceptors (Lipinski definition) is 3. The van der Waals surface area contributed by atoms with Crippen molar-refractivity contribution in [3.05, 3.63) is 75.8 Å². The molecular formula is C17H13BrN4. The van der Waals surface area contributed by atoms with Crippen LogP contribution in [0.2, 0.25) is 0 Å². The highest BCUT2D eigenvalue weighted by Gasteiger charge is 2.21. The van der Waals surface area contributed by atoms with E-state index in [1.165, 1.54) is 0 Å². The first-order valence-corrected chi connectivity index (χ1v) is 7.84. The molecule has 2 aromatic carbocycles. The summed E-state index contributed by atoms with van der Waals surface area (Å²) in [6, 6.07) is 16.5. The minimum absolute atomic E-state index is 0.525. The van der Waals surface area contributed by atoms with Crippen molar-refractivity contribution < 1.29 is 0 Å². The Bertz CT molecular complexity index is 881. The summed E-state index contributed by atoms with van der Waals surface area (Å²) in [7, 11) is 0. The Balaban J connectivity index is 2.01. The molecule has 1 aliphatic rings. The molecule has 4 rings (SSSR count). The van der Waals surface area contributed by atoms with Crippen LogP contribution in [0.15, 0.2) is 58.0 Å². The lowest BCUT2D eigenvalue weighted by Crippen LogP contribution is -2.08. The van der Waals surface area contributed by atoms with Gasteiger partial charge < -0.3 is 0 Å². The number of aryl methyl sites for hydroxylation is 1. The van der Waals surface area contributed by atoms with E-state index in [4.69, 9.17) is 4.99 Å². The van der Waals surface area contributed by atoms with Crippen molar-refractivity contribution in [2.45, 2.75) is 13.5 Å². The number of rotatable bonds is 1. The van der Waals surface area contributed by atoms with Crippen molar-refractivity contribution in [2.75, 3.05) is 0 Å². The topological polar surface area (TPSA) is 43.1 Å². The van der Waals surface area contributed by atoms with Crippen LogP contribution in [0.1, 0.15) is 22.8 Å². The van der Waals surface area contributed by atoms with E-state index in [2.05, 4.69) is 55.0 Å². The molecule has 0 atom stereocenters. The fourth-order valence-corrected chi connectivity index (χ4v) is 3.15. The number of halogens is 1. The predicted molar refractivity (Wildman–Crippen MR) is 89.6 cm³/mol. The third-order valence-corrected chi connectivity index (χ3v) is 4.27. The Morgan fingerprint density at radius 1 is 1.05 bits per heavy atom. The van der Waals surface area contributed by atoms with Crippen molar-refractivity contribution in [1.29, 1.82) is 0 Å². The summed E-state index contributed by atoms with van der Waals surface area (Å²) in [5, 5.41) is 8.45. The molecule has 0 aliphatic carbocycles. The maximum Gasteiger partial charge on any atom is 0.159 e. The van der Waals surface area contributed by atoms with Crippen LogP contribution in [0.25, 0.3) is 5.69 Å². The number of nitrogens with zero attached hydrogens (tertiary/aromatic N) is 4. The minimum atomic E-state index is 0.525. The van der Waals surface area contributed by atoms with Gasteiger partial charge in [0.25, 0.3) is 0 Å². The van der Waals surface area contributed by atoms with E-state index < -0.39 is 0 Å². The number of aliphatic imine (C=N–C) groups is 1. The number of hydrogen-bond donors (Lipinski definition) is 0. The van der Waals surface area contributed by atoms with E-state index in [-0.39, 0.29) is 0 Å². The molecule has 0 bridgehead atoms. The molecule has 0 saturated carbocycles. The van der Waals surface area contributed by atoms with Gasteiger partial charge in [-0.3, -0.25) is 9.56 Å². The maximum absolute atomic E-state index is 4.80. The fraction of sp³-hybridized carbons (Fsp3) is 0.118. The van der Waals surface area contributed by atoms with Crippen LogP contribution in [0.3, 0.4) is 0 Å². The van der Waals surface area contributed by atoms with Crippen LogP contribution in [0.4, 0.5) is 0 Å². The molecule has 108 valence electrons. The average molecular weight is 353 g/mol. The SMILES string of the molecule is Cc1nnc2n1-c1ccc(Br)cc1C(c1ccccc1)=NC2. The Kier molecular flexibility index (Phi) is 3.15. The second kappa shape index (κ2) is 5.18. The monoisotopic (exact) mass is 352 g/mol. The van der Waals surface area contributed by atoms with Gasteiger partial charge in [-0.1, -0.05) is 46.3 Å². The van der Waals surface area contributed by atoms with Crippen LogP contribution < -0.4 is 0 Å². The van der Waals surface area contributed by atoms with E-state index in [1.54, 1.807) is 0 Å². The van der Waals surface area contributed by atoms with Gasteiger partial charge in [0.15, 0.2) is 5.82 Å². The highest BCUT2D eigenvalue weighted by molar-refractivity contribution is 9.10. The molecule has 0 N–H and O–H groups in total. The van der Waals surface area contributed by atoms with Crippen LogP contribution in [0, 0.1) is 6.92 Å². The van der Waals surface area contributed by atoms with Crippen LogP contribution in [-0.2, 0) is 6.54 Å². The standard InChI is InChI=1S/C17H13BrN4/c1-11-20-21-16-10-19-17(12-5-3-2-4-6-12)14-9-13(18)7-8-15(14)22(11)16/h2-9H,10H2,1H3. The normalized spacial score (nSPS) is 13.1. The van der Waals surface area contributed by atoms with Gasteiger partial charge in [0, 0.05) is 15.6 Å². The Hall–Kier alpha value is -2.27. The zero-order valence-electron chi connectivity index (χ0n) is 12.0. The molecule has 0 unspecified atom stereocenters. The first-order valence-electron chi connectivity index (χ1n) is 7.05. The fourth-order valence-electron chi connectivity index (χ4n) is 2.79.